The summed E-state index contributed by atoms with van der Waals surface area (Å²) in [7, 11) is 1.53. The summed E-state index contributed by atoms with van der Waals surface area (Å²) < 4.78 is 37.9. The summed E-state index contributed by atoms with van der Waals surface area (Å²) in [4.78, 5) is 0. The number of nitrogens with zero attached hydrogens (tertiary/aromatic N) is 2. The standard InChI is InChI=1S/C5H5F3N2O/c1-10-3-2-4(9-10)11-5(6,7)8/h3H2,1H3. The summed E-state index contributed by atoms with van der Waals surface area (Å²) in [6, 6.07) is 0. The SMILES string of the molecule is CN1C[C]C(OC(F)(F)F)=N1. The van der Waals surface area contributed by atoms with Crippen LogP contribution in [0, 0.1) is 6.42 Å². The van der Waals surface area contributed by atoms with Crippen LogP contribution in [-0.4, -0.2) is 30.9 Å². The molecule has 0 aliphatic carbocycles. The molecule has 6 heteroatoms. The number of rotatable bonds is 0. The largest absolute Gasteiger partial charge is 0.574 e. The zero-order valence-corrected chi connectivity index (χ0v) is 5.64. The first-order valence-corrected chi connectivity index (χ1v) is 2.77. The van der Waals surface area contributed by atoms with Gasteiger partial charge in [0.2, 0.25) is 5.90 Å². The van der Waals surface area contributed by atoms with E-state index in [0.717, 1.165) is 0 Å². The normalized spacial score (nSPS) is 18.5. The van der Waals surface area contributed by atoms with E-state index in [9.17, 15) is 13.2 Å². The van der Waals surface area contributed by atoms with Crippen LogP contribution in [0.15, 0.2) is 5.10 Å². The molecule has 0 aromatic carbocycles. The van der Waals surface area contributed by atoms with E-state index in [-0.39, 0.29) is 6.54 Å². The average Bonchev–Trinajstić information content (AvgIpc) is 2.10. The minimum Gasteiger partial charge on any atom is -0.390 e. The van der Waals surface area contributed by atoms with Gasteiger partial charge in [0.1, 0.15) is 6.42 Å². The monoisotopic (exact) mass is 166 g/mol. The van der Waals surface area contributed by atoms with Crippen molar-refractivity contribution in [2.45, 2.75) is 6.36 Å². The molecule has 62 valence electrons. The van der Waals surface area contributed by atoms with Gasteiger partial charge in [-0.25, -0.2) is 0 Å². The third kappa shape index (κ3) is 2.65. The maximum absolute atomic E-state index is 11.5. The lowest BCUT2D eigenvalue weighted by atomic mass is 10.4. The van der Waals surface area contributed by atoms with E-state index < -0.39 is 12.3 Å². The fraction of sp³-hybridized carbons (Fsp3) is 0.600. The van der Waals surface area contributed by atoms with Gasteiger partial charge in [0.25, 0.3) is 0 Å². The number of halogens is 3. The van der Waals surface area contributed by atoms with Crippen molar-refractivity contribution in [2.75, 3.05) is 13.6 Å². The topological polar surface area (TPSA) is 24.8 Å². The summed E-state index contributed by atoms with van der Waals surface area (Å²) in [6.45, 7) is 0.228. The predicted molar refractivity (Wildman–Crippen MR) is 30.4 cm³/mol. The van der Waals surface area contributed by atoms with Crippen LogP contribution in [0.3, 0.4) is 0 Å². The first-order valence-electron chi connectivity index (χ1n) is 2.77. The van der Waals surface area contributed by atoms with Crippen molar-refractivity contribution in [2.24, 2.45) is 5.10 Å². The Labute approximate surface area is 61.4 Å². The van der Waals surface area contributed by atoms with Crippen LogP contribution >= 0.6 is 0 Å². The maximum atomic E-state index is 11.5. The van der Waals surface area contributed by atoms with Crippen LogP contribution in [0.4, 0.5) is 13.2 Å². The lowest BCUT2D eigenvalue weighted by molar-refractivity contribution is -0.283. The summed E-state index contributed by atoms with van der Waals surface area (Å²) in [5.41, 5.74) is 0. The Morgan fingerprint density at radius 2 is 2.27 bits per heavy atom. The Morgan fingerprint density at radius 3 is 2.64 bits per heavy atom. The van der Waals surface area contributed by atoms with E-state index in [1.165, 1.54) is 12.1 Å². The highest BCUT2D eigenvalue weighted by Gasteiger charge is 2.34. The zero-order chi connectivity index (χ0) is 8.48. The molecule has 1 heterocycles. The Bertz CT molecular complexity index is 177. The van der Waals surface area contributed by atoms with E-state index in [2.05, 4.69) is 16.3 Å². The average molecular weight is 166 g/mol. The second kappa shape index (κ2) is 2.60. The molecule has 0 aromatic heterocycles. The van der Waals surface area contributed by atoms with Gasteiger partial charge in [-0.05, 0) is 0 Å². The van der Waals surface area contributed by atoms with Crippen LogP contribution < -0.4 is 0 Å². The summed E-state index contributed by atoms with van der Waals surface area (Å²) in [5.74, 6) is -0.514. The highest BCUT2D eigenvalue weighted by Crippen LogP contribution is 2.19. The Kier molecular flexibility index (Phi) is 1.92. The molecule has 0 amide bonds. The molecule has 0 N–H and O–H groups in total. The first-order chi connectivity index (χ1) is 4.97. The molecule has 0 atom stereocenters. The van der Waals surface area contributed by atoms with Gasteiger partial charge in [-0.1, -0.05) is 0 Å². The third-order valence-corrected chi connectivity index (χ3v) is 0.933. The Balaban J connectivity index is 2.45. The molecule has 0 unspecified atom stereocenters. The number of hydrogen-bond acceptors (Lipinski definition) is 3. The molecular formula is C5H5F3N2O. The third-order valence-electron chi connectivity index (χ3n) is 0.933. The number of ether oxygens (including phenoxy) is 1. The Morgan fingerprint density at radius 1 is 1.64 bits per heavy atom. The van der Waals surface area contributed by atoms with Crippen LogP contribution in [0.1, 0.15) is 0 Å². The molecular weight excluding hydrogens is 161 g/mol. The van der Waals surface area contributed by atoms with Gasteiger partial charge in [-0.3, -0.25) is 5.01 Å². The van der Waals surface area contributed by atoms with Crippen molar-refractivity contribution in [3.05, 3.63) is 6.42 Å². The van der Waals surface area contributed by atoms with Crippen molar-refractivity contribution in [1.82, 2.24) is 5.01 Å². The van der Waals surface area contributed by atoms with Gasteiger partial charge in [0, 0.05) is 7.05 Å². The smallest absolute Gasteiger partial charge is 0.390 e. The van der Waals surface area contributed by atoms with Crippen LogP contribution in [0.5, 0.6) is 0 Å². The van der Waals surface area contributed by atoms with Crippen molar-refractivity contribution in [3.8, 4) is 0 Å². The number of alkyl halides is 3. The van der Waals surface area contributed by atoms with Gasteiger partial charge in [0.05, 0.1) is 6.54 Å². The molecule has 1 aliphatic heterocycles. The second-order valence-electron chi connectivity index (χ2n) is 1.95. The lowest BCUT2D eigenvalue weighted by Gasteiger charge is -2.05. The van der Waals surface area contributed by atoms with Gasteiger partial charge in [0.15, 0.2) is 0 Å². The van der Waals surface area contributed by atoms with E-state index >= 15 is 0 Å². The van der Waals surface area contributed by atoms with Crippen LogP contribution in [0.25, 0.3) is 0 Å². The summed E-state index contributed by atoms with van der Waals surface area (Å²) in [6.07, 6.45) is -2.37. The Hall–Kier alpha value is -0.940. The molecule has 2 radical (unpaired) electrons. The van der Waals surface area contributed by atoms with Crippen molar-refractivity contribution in [1.29, 1.82) is 0 Å². The fourth-order valence-corrected chi connectivity index (χ4v) is 0.574. The molecule has 0 spiro atoms. The van der Waals surface area contributed by atoms with E-state index in [1.54, 1.807) is 0 Å². The number of hydrazone groups is 1. The molecule has 11 heavy (non-hydrogen) atoms. The lowest BCUT2D eigenvalue weighted by Crippen LogP contribution is -2.18. The molecule has 0 fully saturated rings. The molecule has 0 saturated heterocycles. The molecule has 0 saturated carbocycles. The number of hydrogen-bond donors (Lipinski definition) is 0. The fourth-order valence-electron chi connectivity index (χ4n) is 0.574. The maximum Gasteiger partial charge on any atom is 0.574 e. The molecule has 0 aromatic rings. The predicted octanol–water partition coefficient (Wildman–Crippen LogP) is 0.863. The zero-order valence-electron chi connectivity index (χ0n) is 5.64. The van der Waals surface area contributed by atoms with E-state index in [1.807, 2.05) is 0 Å². The quantitative estimate of drug-likeness (QED) is 0.533. The van der Waals surface area contributed by atoms with Gasteiger partial charge in [-0.2, -0.15) is 0 Å². The molecule has 0 bridgehead atoms. The molecule has 3 nitrogen and oxygen atoms in total. The van der Waals surface area contributed by atoms with Gasteiger partial charge < -0.3 is 4.74 Å². The summed E-state index contributed by atoms with van der Waals surface area (Å²) >= 11 is 0. The molecule has 1 aliphatic rings. The van der Waals surface area contributed by atoms with E-state index in [0.29, 0.717) is 0 Å². The van der Waals surface area contributed by atoms with Gasteiger partial charge in [-0.15, -0.1) is 18.3 Å². The van der Waals surface area contributed by atoms with Crippen molar-refractivity contribution >= 4 is 5.90 Å². The molecule has 1 rings (SSSR count). The van der Waals surface area contributed by atoms with Gasteiger partial charge >= 0.3 is 6.36 Å². The van der Waals surface area contributed by atoms with E-state index in [4.69, 9.17) is 0 Å². The van der Waals surface area contributed by atoms with Crippen LogP contribution in [-0.2, 0) is 4.74 Å². The minimum absolute atomic E-state index is 0.228. The second-order valence-corrected chi connectivity index (χ2v) is 1.95. The first kappa shape index (κ1) is 8.16. The minimum atomic E-state index is -4.67. The van der Waals surface area contributed by atoms with Crippen molar-refractivity contribution < 1.29 is 17.9 Å². The summed E-state index contributed by atoms with van der Waals surface area (Å²) in [5, 5.41) is 4.66. The van der Waals surface area contributed by atoms with Crippen LogP contribution in [0.2, 0.25) is 0 Å². The highest BCUT2D eigenvalue weighted by molar-refractivity contribution is 5.86. The van der Waals surface area contributed by atoms with Crippen molar-refractivity contribution in [3.63, 3.8) is 0 Å². The highest BCUT2D eigenvalue weighted by atomic mass is 19.4.